The van der Waals surface area contributed by atoms with Crippen molar-refractivity contribution < 1.29 is 4.79 Å². The van der Waals surface area contributed by atoms with Gasteiger partial charge in [0.05, 0.1) is 23.4 Å². The van der Waals surface area contributed by atoms with E-state index >= 15 is 0 Å². The number of nitrogens with zero attached hydrogens (tertiary/aromatic N) is 3. The lowest BCUT2D eigenvalue weighted by molar-refractivity contribution is 0.102. The van der Waals surface area contributed by atoms with Crippen LogP contribution in [0.2, 0.25) is 0 Å². The van der Waals surface area contributed by atoms with Gasteiger partial charge in [-0.2, -0.15) is 5.10 Å². The monoisotopic (exact) mass is 370 g/mol. The number of anilines is 1. The minimum atomic E-state index is -0.133. The highest BCUT2D eigenvalue weighted by Crippen LogP contribution is 2.23. The van der Waals surface area contributed by atoms with Crippen molar-refractivity contribution in [2.45, 2.75) is 27.3 Å². The number of fused-ring (bicyclic) bond motifs is 1. The molecule has 0 saturated carbocycles. The lowest BCUT2D eigenvalue weighted by Gasteiger charge is -2.11. The summed E-state index contributed by atoms with van der Waals surface area (Å²) in [6.45, 7) is 6.58. The lowest BCUT2D eigenvalue weighted by Crippen LogP contribution is -2.13. The molecule has 0 radical (unpaired) electrons. The third kappa shape index (κ3) is 3.64. The highest BCUT2D eigenvalue weighted by Gasteiger charge is 2.11. The highest BCUT2D eigenvalue weighted by atomic mass is 16.1. The molecular formula is C23H22N4O. The summed E-state index contributed by atoms with van der Waals surface area (Å²) in [7, 11) is 0. The largest absolute Gasteiger partial charge is 0.321 e. The summed E-state index contributed by atoms with van der Waals surface area (Å²) in [5.74, 6) is -0.133. The van der Waals surface area contributed by atoms with Gasteiger partial charge in [0.25, 0.3) is 5.91 Å². The van der Waals surface area contributed by atoms with E-state index in [0.29, 0.717) is 12.1 Å². The van der Waals surface area contributed by atoms with Crippen molar-refractivity contribution in [3.8, 4) is 0 Å². The van der Waals surface area contributed by atoms with E-state index in [0.717, 1.165) is 39.2 Å². The summed E-state index contributed by atoms with van der Waals surface area (Å²) >= 11 is 0. The Balaban J connectivity index is 1.60. The average molecular weight is 370 g/mol. The van der Waals surface area contributed by atoms with Crippen LogP contribution in [0.5, 0.6) is 0 Å². The first-order valence-electron chi connectivity index (χ1n) is 9.27. The van der Waals surface area contributed by atoms with Gasteiger partial charge in [0.2, 0.25) is 0 Å². The Bertz CT molecular complexity index is 1180. The lowest BCUT2D eigenvalue weighted by atomic mass is 10.1. The molecule has 5 heteroatoms. The average Bonchev–Trinajstić information content (AvgIpc) is 2.98. The van der Waals surface area contributed by atoms with Crippen LogP contribution in [-0.2, 0) is 6.54 Å². The molecule has 28 heavy (non-hydrogen) atoms. The number of rotatable bonds is 4. The smallest absolute Gasteiger partial charge is 0.255 e. The summed E-state index contributed by atoms with van der Waals surface area (Å²) in [6.07, 6.45) is 0. The number of nitrogens with one attached hydrogen (secondary N) is 1. The van der Waals surface area contributed by atoms with Crippen LogP contribution in [-0.4, -0.2) is 20.7 Å². The van der Waals surface area contributed by atoms with Gasteiger partial charge >= 0.3 is 0 Å². The summed E-state index contributed by atoms with van der Waals surface area (Å²) in [4.78, 5) is 17.4. The predicted molar refractivity (Wildman–Crippen MR) is 112 cm³/mol. The van der Waals surface area contributed by atoms with Gasteiger partial charge in [0, 0.05) is 22.3 Å². The van der Waals surface area contributed by atoms with E-state index < -0.39 is 0 Å². The van der Waals surface area contributed by atoms with Crippen LogP contribution in [0.4, 0.5) is 5.69 Å². The number of hydrogen-bond donors (Lipinski definition) is 1. The maximum atomic E-state index is 12.9. The molecule has 2 heterocycles. The van der Waals surface area contributed by atoms with Crippen molar-refractivity contribution in [2.75, 3.05) is 5.32 Å². The predicted octanol–water partition coefficient (Wildman–Crippen LogP) is 4.66. The van der Waals surface area contributed by atoms with Gasteiger partial charge in [-0.05, 0) is 56.7 Å². The van der Waals surface area contributed by atoms with Crippen molar-refractivity contribution in [2.24, 2.45) is 0 Å². The summed E-state index contributed by atoms with van der Waals surface area (Å²) < 4.78 is 1.95. The topological polar surface area (TPSA) is 59.8 Å². The molecule has 1 N–H and O–H groups in total. The Morgan fingerprint density at radius 1 is 0.964 bits per heavy atom. The zero-order valence-electron chi connectivity index (χ0n) is 16.2. The molecule has 2 aromatic heterocycles. The molecule has 140 valence electrons. The van der Waals surface area contributed by atoms with Gasteiger partial charge < -0.3 is 5.32 Å². The molecular weight excluding hydrogens is 348 g/mol. The first-order valence-corrected chi connectivity index (χ1v) is 9.27. The molecule has 4 aromatic rings. The van der Waals surface area contributed by atoms with E-state index in [1.54, 1.807) is 0 Å². The standard InChI is InChI=1S/C23H22N4O/c1-15-12-22(20-9-4-5-10-21(20)24-15)25-23(28)19-8-6-7-18(13-19)14-27-17(3)11-16(2)26-27/h4-13H,14H2,1-3H3,(H,24,25,28). The first-order chi connectivity index (χ1) is 13.5. The number of para-hydroxylation sites is 1. The van der Waals surface area contributed by atoms with Crippen molar-refractivity contribution in [3.63, 3.8) is 0 Å². The molecule has 0 saturated heterocycles. The van der Waals surface area contributed by atoms with Crippen LogP contribution in [0.15, 0.2) is 60.7 Å². The fourth-order valence-electron chi connectivity index (χ4n) is 3.42. The van der Waals surface area contributed by atoms with E-state index in [4.69, 9.17) is 0 Å². The molecule has 0 bridgehead atoms. The number of benzene rings is 2. The number of aromatic nitrogens is 3. The maximum absolute atomic E-state index is 12.9. The number of carbonyl (C=O) groups excluding carboxylic acids is 1. The van der Waals surface area contributed by atoms with E-state index in [1.807, 2.05) is 86.1 Å². The Labute approximate surface area is 164 Å². The Hall–Kier alpha value is -3.47. The minimum absolute atomic E-state index is 0.133. The quantitative estimate of drug-likeness (QED) is 0.568. The van der Waals surface area contributed by atoms with E-state index in [-0.39, 0.29) is 5.91 Å². The molecule has 1 amide bonds. The fourth-order valence-corrected chi connectivity index (χ4v) is 3.42. The highest BCUT2D eigenvalue weighted by molar-refractivity contribution is 6.08. The summed E-state index contributed by atoms with van der Waals surface area (Å²) in [5.41, 5.74) is 6.27. The van der Waals surface area contributed by atoms with Crippen molar-refractivity contribution >= 4 is 22.5 Å². The van der Waals surface area contributed by atoms with Crippen LogP contribution in [0.25, 0.3) is 10.9 Å². The number of carbonyl (C=O) groups is 1. The third-order valence-corrected chi connectivity index (χ3v) is 4.72. The SMILES string of the molecule is Cc1cc(NC(=O)c2cccc(Cn3nc(C)cc3C)c2)c2ccccc2n1. The van der Waals surface area contributed by atoms with Gasteiger partial charge in [0.1, 0.15) is 0 Å². The maximum Gasteiger partial charge on any atom is 0.255 e. The van der Waals surface area contributed by atoms with Gasteiger partial charge in [-0.1, -0.05) is 30.3 Å². The molecule has 0 aliphatic carbocycles. The molecule has 0 fully saturated rings. The molecule has 0 spiro atoms. The Kier molecular flexibility index (Phi) is 4.65. The molecule has 0 aliphatic rings. The molecule has 0 atom stereocenters. The second kappa shape index (κ2) is 7.27. The number of pyridine rings is 1. The fraction of sp³-hybridized carbons (Fsp3) is 0.174. The molecule has 4 rings (SSSR count). The number of hydrogen-bond acceptors (Lipinski definition) is 3. The van der Waals surface area contributed by atoms with Crippen LogP contribution in [0.1, 0.15) is 33.0 Å². The Morgan fingerprint density at radius 2 is 1.79 bits per heavy atom. The van der Waals surface area contributed by atoms with Crippen molar-refractivity contribution in [1.82, 2.24) is 14.8 Å². The second-order valence-electron chi connectivity index (χ2n) is 7.07. The first kappa shape index (κ1) is 17.9. The number of amides is 1. The number of aryl methyl sites for hydroxylation is 3. The normalized spacial score (nSPS) is 11.0. The molecule has 2 aromatic carbocycles. The van der Waals surface area contributed by atoms with Crippen LogP contribution >= 0.6 is 0 Å². The van der Waals surface area contributed by atoms with Gasteiger partial charge in [-0.25, -0.2) is 0 Å². The van der Waals surface area contributed by atoms with Gasteiger partial charge in [-0.3, -0.25) is 14.5 Å². The molecule has 0 unspecified atom stereocenters. The van der Waals surface area contributed by atoms with E-state index in [2.05, 4.69) is 15.4 Å². The zero-order chi connectivity index (χ0) is 19.7. The molecule has 0 aliphatic heterocycles. The summed E-state index contributed by atoms with van der Waals surface area (Å²) in [6, 6.07) is 19.4. The molecule has 5 nitrogen and oxygen atoms in total. The van der Waals surface area contributed by atoms with Crippen LogP contribution in [0, 0.1) is 20.8 Å². The van der Waals surface area contributed by atoms with Crippen LogP contribution < -0.4 is 5.32 Å². The van der Waals surface area contributed by atoms with Crippen LogP contribution in [0.3, 0.4) is 0 Å². The van der Waals surface area contributed by atoms with E-state index in [1.165, 1.54) is 0 Å². The Morgan fingerprint density at radius 3 is 2.57 bits per heavy atom. The van der Waals surface area contributed by atoms with Gasteiger partial charge in [0.15, 0.2) is 0 Å². The minimum Gasteiger partial charge on any atom is -0.321 e. The third-order valence-electron chi connectivity index (χ3n) is 4.72. The second-order valence-corrected chi connectivity index (χ2v) is 7.07. The zero-order valence-corrected chi connectivity index (χ0v) is 16.2. The van der Waals surface area contributed by atoms with E-state index in [9.17, 15) is 4.79 Å². The van der Waals surface area contributed by atoms with Crippen molar-refractivity contribution in [3.05, 3.63) is 88.9 Å². The van der Waals surface area contributed by atoms with Gasteiger partial charge in [-0.15, -0.1) is 0 Å². The van der Waals surface area contributed by atoms with Crippen molar-refractivity contribution in [1.29, 1.82) is 0 Å². The summed E-state index contributed by atoms with van der Waals surface area (Å²) in [5, 5.41) is 8.48.